The molecule has 1 N–H and O–H groups in total. The molecule has 0 saturated carbocycles. The van der Waals surface area contributed by atoms with Crippen molar-refractivity contribution in [1.29, 1.82) is 0 Å². The molecule has 1 amide bonds. The lowest BCUT2D eigenvalue weighted by Gasteiger charge is -2.31. The zero-order chi connectivity index (χ0) is 16.5. The number of fused-ring (bicyclic) bond motifs is 1. The molecule has 1 fully saturated rings. The first-order chi connectivity index (χ1) is 11.7. The number of hydrogen-bond donors (Lipinski definition) is 1. The minimum absolute atomic E-state index is 0.0765. The molecule has 1 aliphatic heterocycles. The molecule has 122 valence electrons. The number of amides is 1. The number of hydrogen-bond acceptors (Lipinski definition) is 1. The van der Waals surface area contributed by atoms with Gasteiger partial charge in [0.2, 0.25) is 0 Å². The first-order valence-corrected chi connectivity index (χ1v) is 8.71. The molecule has 0 atom stereocenters. The minimum atomic E-state index is 0.0765. The van der Waals surface area contributed by atoms with Gasteiger partial charge in [-0.15, -0.1) is 0 Å². The van der Waals surface area contributed by atoms with Gasteiger partial charge in [0, 0.05) is 40.8 Å². The van der Waals surface area contributed by atoms with E-state index in [1.807, 2.05) is 17.0 Å². The molecular formula is C20H19ClN2O. The van der Waals surface area contributed by atoms with Crippen molar-refractivity contribution in [3.05, 3.63) is 70.9 Å². The van der Waals surface area contributed by atoms with E-state index < -0.39 is 0 Å². The summed E-state index contributed by atoms with van der Waals surface area (Å²) in [6, 6.07) is 17.8. The Labute approximate surface area is 146 Å². The highest BCUT2D eigenvalue weighted by atomic mass is 35.5. The second kappa shape index (κ2) is 6.33. The van der Waals surface area contributed by atoms with Crippen molar-refractivity contribution in [2.45, 2.75) is 18.8 Å². The number of rotatable bonds is 2. The van der Waals surface area contributed by atoms with Crippen molar-refractivity contribution in [2.75, 3.05) is 13.1 Å². The fourth-order valence-electron chi connectivity index (χ4n) is 3.51. The number of nitrogens with zero attached hydrogens (tertiary/aromatic N) is 1. The van der Waals surface area contributed by atoms with Crippen molar-refractivity contribution in [3.8, 4) is 0 Å². The van der Waals surface area contributed by atoms with Crippen LogP contribution in [0, 0.1) is 0 Å². The molecule has 0 bridgehead atoms. The average molecular weight is 339 g/mol. The number of carbonyl (C=O) groups is 1. The second-order valence-corrected chi connectivity index (χ2v) is 6.83. The van der Waals surface area contributed by atoms with Gasteiger partial charge in [-0.3, -0.25) is 4.79 Å². The molecule has 4 rings (SSSR count). The number of aromatic nitrogens is 1. The molecule has 0 spiro atoms. The van der Waals surface area contributed by atoms with E-state index in [1.54, 1.807) is 12.1 Å². The summed E-state index contributed by atoms with van der Waals surface area (Å²) in [5.74, 6) is 0.563. The van der Waals surface area contributed by atoms with Gasteiger partial charge in [0.05, 0.1) is 0 Å². The second-order valence-electron chi connectivity index (χ2n) is 6.39. The van der Waals surface area contributed by atoms with Crippen LogP contribution in [0.1, 0.15) is 34.8 Å². The summed E-state index contributed by atoms with van der Waals surface area (Å²) in [4.78, 5) is 18.1. The Bertz CT molecular complexity index is 845. The van der Waals surface area contributed by atoms with Crippen LogP contribution in [0.15, 0.2) is 54.6 Å². The quantitative estimate of drug-likeness (QED) is 0.713. The van der Waals surface area contributed by atoms with Gasteiger partial charge in [0.25, 0.3) is 5.91 Å². The summed E-state index contributed by atoms with van der Waals surface area (Å²) in [5.41, 5.74) is 3.14. The van der Waals surface area contributed by atoms with Gasteiger partial charge in [0.15, 0.2) is 0 Å². The zero-order valence-corrected chi connectivity index (χ0v) is 14.1. The molecule has 1 aliphatic rings. The molecule has 0 radical (unpaired) electrons. The molecule has 1 aromatic heterocycles. The van der Waals surface area contributed by atoms with Crippen LogP contribution in [0.4, 0.5) is 0 Å². The van der Waals surface area contributed by atoms with Crippen LogP contribution in [0.2, 0.25) is 5.02 Å². The Hall–Kier alpha value is -2.26. The molecule has 2 heterocycles. The fourth-order valence-corrected chi connectivity index (χ4v) is 3.70. The van der Waals surface area contributed by atoms with Crippen molar-refractivity contribution in [2.24, 2.45) is 0 Å². The topological polar surface area (TPSA) is 36.1 Å². The third-order valence-electron chi connectivity index (χ3n) is 4.84. The van der Waals surface area contributed by atoms with Gasteiger partial charge in [-0.25, -0.2) is 0 Å². The van der Waals surface area contributed by atoms with Gasteiger partial charge < -0.3 is 9.88 Å². The standard InChI is InChI=1S/C20H19ClN2O/c21-17-6-3-5-16(12-17)20(24)23-10-8-14(9-11-23)19-13-15-4-1-2-7-18(15)22-19/h1-7,12-14,22H,8-11H2. The Morgan fingerprint density at radius 3 is 2.58 bits per heavy atom. The molecule has 4 heteroatoms. The van der Waals surface area contributed by atoms with Crippen LogP contribution in [-0.4, -0.2) is 28.9 Å². The third-order valence-corrected chi connectivity index (χ3v) is 5.08. The van der Waals surface area contributed by atoms with Crippen LogP contribution < -0.4 is 0 Å². The number of halogens is 1. The van der Waals surface area contributed by atoms with E-state index in [0.717, 1.165) is 25.9 Å². The van der Waals surface area contributed by atoms with Crippen LogP contribution in [0.5, 0.6) is 0 Å². The van der Waals surface area contributed by atoms with Gasteiger partial charge in [0.1, 0.15) is 0 Å². The highest BCUT2D eigenvalue weighted by molar-refractivity contribution is 6.30. The summed E-state index contributed by atoms with van der Waals surface area (Å²) < 4.78 is 0. The van der Waals surface area contributed by atoms with E-state index in [0.29, 0.717) is 16.5 Å². The molecule has 3 aromatic rings. The highest BCUT2D eigenvalue weighted by Gasteiger charge is 2.25. The van der Waals surface area contributed by atoms with Crippen molar-refractivity contribution in [1.82, 2.24) is 9.88 Å². The maximum Gasteiger partial charge on any atom is 0.253 e. The first kappa shape index (κ1) is 15.3. The maximum atomic E-state index is 12.6. The zero-order valence-electron chi connectivity index (χ0n) is 13.3. The predicted octanol–water partition coefficient (Wildman–Crippen LogP) is 4.84. The molecular weight excluding hydrogens is 320 g/mol. The summed E-state index contributed by atoms with van der Waals surface area (Å²) in [5, 5.41) is 1.86. The van der Waals surface area contributed by atoms with Crippen molar-refractivity contribution in [3.63, 3.8) is 0 Å². The van der Waals surface area contributed by atoms with E-state index >= 15 is 0 Å². The molecule has 3 nitrogen and oxygen atoms in total. The molecule has 0 unspecified atom stereocenters. The molecule has 0 aliphatic carbocycles. The monoisotopic (exact) mass is 338 g/mol. The summed E-state index contributed by atoms with van der Waals surface area (Å²) >= 11 is 5.99. The fraction of sp³-hybridized carbons (Fsp3) is 0.250. The maximum absolute atomic E-state index is 12.6. The van der Waals surface area contributed by atoms with Crippen LogP contribution in [-0.2, 0) is 0 Å². The minimum Gasteiger partial charge on any atom is -0.358 e. The van der Waals surface area contributed by atoms with Gasteiger partial charge in [-0.2, -0.15) is 0 Å². The number of carbonyl (C=O) groups excluding carboxylic acids is 1. The normalized spacial score (nSPS) is 15.8. The van der Waals surface area contributed by atoms with E-state index in [1.165, 1.54) is 16.6 Å². The number of benzene rings is 2. The lowest BCUT2D eigenvalue weighted by molar-refractivity contribution is 0.0712. The van der Waals surface area contributed by atoms with E-state index in [2.05, 4.69) is 35.3 Å². The number of piperidine rings is 1. The number of likely N-dealkylation sites (tertiary alicyclic amines) is 1. The summed E-state index contributed by atoms with van der Waals surface area (Å²) in [6.07, 6.45) is 1.97. The number of nitrogens with one attached hydrogen (secondary N) is 1. The molecule has 24 heavy (non-hydrogen) atoms. The van der Waals surface area contributed by atoms with Gasteiger partial charge in [-0.1, -0.05) is 35.9 Å². The van der Waals surface area contributed by atoms with Crippen LogP contribution in [0.25, 0.3) is 10.9 Å². The SMILES string of the molecule is O=C(c1cccc(Cl)c1)N1CCC(c2cc3ccccc3[nH]2)CC1. The summed E-state index contributed by atoms with van der Waals surface area (Å²) in [7, 11) is 0. The van der Waals surface area contributed by atoms with E-state index in [4.69, 9.17) is 11.6 Å². The Balaban J connectivity index is 1.45. The van der Waals surface area contributed by atoms with E-state index in [-0.39, 0.29) is 5.91 Å². The third kappa shape index (κ3) is 2.92. The van der Waals surface area contributed by atoms with Crippen molar-refractivity contribution < 1.29 is 4.79 Å². The molecule has 2 aromatic carbocycles. The lowest BCUT2D eigenvalue weighted by Crippen LogP contribution is -2.38. The largest absolute Gasteiger partial charge is 0.358 e. The van der Waals surface area contributed by atoms with Crippen LogP contribution in [0.3, 0.4) is 0 Å². The number of para-hydroxylation sites is 1. The average Bonchev–Trinajstić information content (AvgIpc) is 3.05. The Kier molecular flexibility index (Phi) is 4.03. The van der Waals surface area contributed by atoms with Crippen LogP contribution >= 0.6 is 11.6 Å². The Morgan fingerprint density at radius 2 is 1.83 bits per heavy atom. The molecule has 1 saturated heterocycles. The van der Waals surface area contributed by atoms with Gasteiger partial charge >= 0.3 is 0 Å². The number of aromatic amines is 1. The highest BCUT2D eigenvalue weighted by Crippen LogP contribution is 2.30. The lowest BCUT2D eigenvalue weighted by atomic mass is 9.93. The predicted molar refractivity (Wildman–Crippen MR) is 97.6 cm³/mol. The number of H-pyrrole nitrogens is 1. The Morgan fingerprint density at radius 1 is 1.04 bits per heavy atom. The summed E-state index contributed by atoms with van der Waals surface area (Å²) in [6.45, 7) is 1.57. The van der Waals surface area contributed by atoms with Crippen molar-refractivity contribution >= 4 is 28.4 Å². The first-order valence-electron chi connectivity index (χ1n) is 8.33. The van der Waals surface area contributed by atoms with Gasteiger partial charge in [-0.05, 0) is 48.6 Å². The smallest absolute Gasteiger partial charge is 0.253 e. The van der Waals surface area contributed by atoms with E-state index in [9.17, 15) is 4.79 Å².